The van der Waals surface area contributed by atoms with Crippen LogP contribution in [0.3, 0.4) is 0 Å². The molecule has 1 aliphatic heterocycles. The highest BCUT2D eigenvalue weighted by Gasteiger charge is 2.32. The highest BCUT2D eigenvalue weighted by molar-refractivity contribution is 5.69. The SMILES string of the molecule is CCOC(=O)N1CCC(CC(=O)O)CC1CC. The summed E-state index contributed by atoms with van der Waals surface area (Å²) in [6.07, 6.45) is 2.29. The van der Waals surface area contributed by atoms with Gasteiger partial charge in [0.2, 0.25) is 0 Å². The lowest BCUT2D eigenvalue weighted by Gasteiger charge is -2.37. The normalized spacial score (nSPS) is 24.5. The Bertz CT molecular complexity index is 280. The molecule has 98 valence electrons. The summed E-state index contributed by atoms with van der Waals surface area (Å²) in [6, 6.07) is 0.118. The third kappa shape index (κ3) is 3.91. The molecular formula is C12H21NO4. The second-order valence-corrected chi connectivity index (χ2v) is 4.44. The molecule has 1 aliphatic rings. The molecule has 2 atom stereocenters. The van der Waals surface area contributed by atoms with Crippen LogP contribution < -0.4 is 0 Å². The number of carboxylic acids is 1. The van der Waals surface area contributed by atoms with Crippen LogP contribution in [0.25, 0.3) is 0 Å². The van der Waals surface area contributed by atoms with E-state index in [-0.39, 0.29) is 24.5 Å². The number of rotatable bonds is 4. The molecule has 0 spiro atoms. The zero-order valence-electron chi connectivity index (χ0n) is 10.5. The van der Waals surface area contributed by atoms with Crippen LogP contribution in [0.5, 0.6) is 0 Å². The van der Waals surface area contributed by atoms with Gasteiger partial charge in [0.25, 0.3) is 0 Å². The number of aliphatic carboxylic acids is 1. The van der Waals surface area contributed by atoms with Crippen LogP contribution in [0.1, 0.15) is 39.5 Å². The fourth-order valence-corrected chi connectivity index (χ4v) is 2.40. The van der Waals surface area contributed by atoms with Crippen molar-refractivity contribution < 1.29 is 19.4 Å². The number of carbonyl (C=O) groups excluding carboxylic acids is 1. The Balaban J connectivity index is 2.55. The predicted molar refractivity (Wildman–Crippen MR) is 62.8 cm³/mol. The first-order valence-corrected chi connectivity index (χ1v) is 6.23. The van der Waals surface area contributed by atoms with E-state index >= 15 is 0 Å². The van der Waals surface area contributed by atoms with Crippen LogP contribution in [-0.4, -0.2) is 41.3 Å². The molecule has 1 rings (SSSR count). The fraction of sp³-hybridized carbons (Fsp3) is 0.833. The van der Waals surface area contributed by atoms with Gasteiger partial charge in [-0.3, -0.25) is 4.79 Å². The zero-order valence-corrected chi connectivity index (χ0v) is 10.5. The maximum absolute atomic E-state index is 11.7. The Morgan fingerprint density at radius 2 is 2.12 bits per heavy atom. The van der Waals surface area contributed by atoms with Crippen LogP contribution in [0.2, 0.25) is 0 Å². The largest absolute Gasteiger partial charge is 0.481 e. The van der Waals surface area contributed by atoms with Gasteiger partial charge in [-0.25, -0.2) is 4.79 Å². The summed E-state index contributed by atoms with van der Waals surface area (Å²) >= 11 is 0. The lowest BCUT2D eigenvalue weighted by atomic mass is 9.87. The monoisotopic (exact) mass is 243 g/mol. The molecule has 1 saturated heterocycles. The minimum atomic E-state index is -0.755. The summed E-state index contributed by atoms with van der Waals surface area (Å²) < 4.78 is 5.00. The number of carboxylic acid groups (broad SMARTS) is 1. The highest BCUT2D eigenvalue weighted by atomic mass is 16.6. The van der Waals surface area contributed by atoms with Crippen LogP contribution in [0.4, 0.5) is 4.79 Å². The Morgan fingerprint density at radius 3 is 2.65 bits per heavy atom. The van der Waals surface area contributed by atoms with Gasteiger partial charge in [-0.2, -0.15) is 0 Å². The first kappa shape index (κ1) is 13.8. The van der Waals surface area contributed by atoms with Gasteiger partial charge in [0.15, 0.2) is 0 Å². The summed E-state index contributed by atoms with van der Waals surface area (Å²) in [5.41, 5.74) is 0. The third-order valence-corrected chi connectivity index (χ3v) is 3.26. The smallest absolute Gasteiger partial charge is 0.409 e. The molecule has 1 amide bonds. The number of hydrogen-bond acceptors (Lipinski definition) is 3. The van der Waals surface area contributed by atoms with E-state index in [1.165, 1.54) is 0 Å². The number of carbonyl (C=O) groups is 2. The Morgan fingerprint density at radius 1 is 1.41 bits per heavy atom. The molecule has 0 bridgehead atoms. The summed E-state index contributed by atoms with van der Waals surface area (Å²) in [5.74, 6) is -0.572. The lowest BCUT2D eigenvalue weighted by molar-refractivity contribution is -0.138. The molecule has 0 aromatic rings. The molecule has 5 heteroatoms. The van der Waals surface area contributed by atoms with Crippen molar-refractivity contribution in [3.05, 3.63) is 0 Å². The third-order valence-electron chi connectivity index (χ3n) is 3.26. The second-order valence-electron chi connectivity index (χ2n) is 4.44. The maximum Gasteiger partial charge on any atom is 0.409 e. The van der Waals surface area contributed by atoms with Crippen molar-refractivity contribution >= 4 is 12.1 Å². The molecule has 17 heavy (non-hydrogen) atoms. The lowest BCUT2D eigenvalue weighted by Crippen LogP contribution is -2.46. The number of likely N-dealkylation sites (tertiary alicyclic amines) is 1. The van der Waals surface area contributed by atoms with E-state index in [1.54, 1.807) is 11.8 Å². The topological polar surface area (TPSA) is 66.8 Å². The predicted octanol–water partition coefficient (Wildman–Crippen LogP) is 2.11. The van der Waals surface area contributed by atoms with Crippen LogP contribution >= 0.6 is 0 Å². The van der Waals surface area contributed by atoms with Gasteiger partial charge in [0, 0.05) is 19.0 Å². The quantitative estimate of drug-likeness (QED) is 0.821. The van der Waals surface area contributed by atoms with E-state index in [1.807, 2.05) is 6.92 Å². The van der Waals surface area contributed by atoms with Crippen molar-refractivity contribution in [2.45, 2.75) is 45.6 Å². The first-order valence-electron chi connectivity index (χ1n) is 6.23. The molecular weight excluding hydrogens is 222 g/mol. The van der Waals surface area contributed by atoms with Crippen LogP contribution in [0, 0.1) is 5.92 Å². The molecule has 1 heterocycles. The van der Waals surface area contributed by atoms with E-state index in [4.69, 9.17) is 9.84 Å². The van der Waals surface area contributed by atoms with Gasteiger partial charge in [-0.05, 0) is 32.1 Å². The average molecular weight is 243 g/mol. The van der Waals surface area contributed by atoms with Crippen LogP contribution in [-0.2, 0) is 9.53 Å². The van der Waals surface area contributed by atoms with Crippen molar-refractivity contribution in [3.8, 4) is 0 Å². The summed E-state index contributed by atoms with van der Waals surface area (Å²) in [7, 11) is 0. The minimum absolute atomic E-state index is 0.118. The van der Waals surface area contributed by atoms with E-state index in [9.17, 15) is 9.59 Å². The van der Waals surface area contributed by atoms with Gasteiger partial charge < -0.3 is 14.7 Å². The summed E-state index contributed by atoms with van der Waals surface area (Å²) in [6.45, 7) is 4.79. The highest BCUT2D eigenvalue weighted by Crippen LogP contribution is 2.27. The van der Waals surface area contributed by atoms with Gasteiger partial charge in [-0.15, -0.1) is 0 Å². The van der Waals surface area contributed by atoms with Gasteiger partial charge in [-0.1, -0.05) is 6.92 Å². The summed E-state index contributed by atoms with van der Waals surface area (Å²) in [4.78, 5) is 24.1. The number of nitrogens with zero attached hydrogens (tertiary/aromatic N) is 1. The van der Waals surface area contributed by atoms with Crippen molar-refractivity contribution in [1.29, 1.82) is 0 Å². The van der Waals surface area contributed by atoms with Crippen molar-refractivity contribution in [3.63, 3.8) is 0 Å². The maximum atomic E-state index is 11.7. The molecule has 5 nitrogen and oxygen atoms in total. The molecule has 0 aromatic heterocycles. The first-order chi connectivity index (χ1) is 8.08. The number of hydrogen-bond donors (Lipinski definition) is 1. The molecule has 1 fully saturated rings. The average Bonchev–Trinajstić information content (AvgIpc) is 2.28. The number of ether oxygens (including phenoxy) is 1. The molecule has 1 N–H and O–H groups in total. The van der Waals surface area contributed by atoms with E-state index in [0.29, 0.717) is 13.2 Å². The Hall–Kier alpha value is -1.26. The van der Waals surface area contributed by atoms with Gasteiger partial charge in [0.05, 0.1) is 6.61 Å². The standard InChI is InChI=1S/C12H21NO4/c1-3-10-7-9(8-11(14)15)5-6-13(10)12(16)17-4-2/h9-10H,3-8H2,1-2H3,(H,14,15). The Kier molecular flexibility index (Phi) is 5.25. The molecule has 0 radical (unpaired) electrons. The second kappa shape index (κ2) is 6.47. The van der Waals surface area contributed by atoms with Crippen molar-refractivity contribution in [2.75, 3.05) is 13.2 Å². The molecule has 0 saturated carbocycles. The molecule has 0 aromatic carbocycles. The van der Waals surface area contributed by atoms with E-state index in [0.717, 1.165) is 19.3 Å². The fourth-order valence-electron chi connectivity index (χ4n) is 2.40. The molecule has 0 aliphatic carbocycles. The Labute approximate surface area is 102 Å². The zero-order chi connectivity index (χ0) is 12.8. The molecule has 2 unspecified atom stereocenters. The number of amides is 1. The summed E-state index contributed by atoms with van der Waals surface area (Å²) in [5, 5.41) is 8.78. The van der Waals surface area contributed by atoms with Crippen LogP contribution in [0.15, 0.2) is 0 Å². The van der Waals surface area contributed by atoms with Gasteiger partial charge >= 0.3 is 12.1 Å². The van der Waals surface area contributed by atoms with E-state index < -0.39 is 5.97 Å². The van der Waals surface area contributed by atoms with Gasteiger partial charge in [0.1, 0.15) is 0 Å². The van der Waals surface area contributed by atoms with Crippen molar-refractivity contribution in [1.82, 2.24) is 4.90 Å². The minimum Gasteiger partial charge on any atom is -0.481 e. The van der Waals surface area contributed by atoms with E-state index in [2.05, 4.69) is 0 Å². The van der Waals surface area contributed by atoms with Crippen molar-refractivity contribution in [2.24, 2.45) is 5.92 Å². The number of piperidine rings is 1.